The summed E-state index contributed by atoms with van der Waals surface area (Å²) in [6, 6.07) is 0. The van der Waals surface area contributed by atoms with Crippen LogP contribution in [0.2, 0.25) is 0 Å². The Morgan fingerprint density at radius 1 is 0.214 bits per heavy atom. The fourth-order valence-electron chi connectivity index (χ4n) is 5.24. The third-order valence-corrected chi connectivity index (χ3v) is 6.80. The fourth-order valence-corrected chi connectivity index (χ4v) is 5.24. The number of alkyl halides is 12. The van der Waals surface area contributed by atoms with Crippen LogP contribution in [0.4, 0.5) is 87.8 Å². The van der Waals surface area contributed by atoms with Crippen molar-refractivity contribution < 1.29 is 87.8 Å². The molecule has 0 bridgehead atoms. The van der Waals surface area contributed by atoms with Gasteiger partial charge in [-0.05, 0) is 0 Å². The molecule has 5 rings (SSSR count). The zero-order chi connectivity index (χ0) is 32.2. The van der Waals surface area contributed by atoms with E-state index in [-0.39, 0.29) is 0 Å². The van der Waals surface area contributed by atoms with Gasteiger partial charge in [0.2, 0.25) is 0 Å². The average molecular weight is 644 g/mol. The third-order valence-electron chi connectivity index (χ3n) is 6.80. The van der Waals surface area contributed by atoms with Gasteiger partial charge in [-0.2, -0.15) is 52.7 Å². The standard InChI is InChI=1S/C22F20/c23-5-1-2(6(24)10(28)9(5)27)18(33,34)14-13(17(1,31)32)21(39,40)15-16(22(14,41)42)20(37,38)4-3(19(15,35)36)7(25)11(29)12(30)8(4)26. The minimum absolute atomic E-state index is 3.42. The van der Waals surface area contributed by atoms with E-state index in [1.807, 2.05) is 0 Å². The lowest BCUT2D eigenvalue weighted by atomic mass is 9.63. The van der Waals surface area contributed by atoms with E-state index in [9.17, 15) is 35.1 Å². The van der Waals surface area contributed by atoms with Crippen LogP contribution < -0.4 is 0 Å². The molecule has 3 aliphatic carbocycles. The van der Waals surface area contributed by atoms with Crippen molar-refractivity contribution in [3.05, 3.63) is 91.1 Å². The van der Waals surface area contributed by atoms with E-state index in [2.05, 4.69) is 0 Å². The molecule has 0 atom stereocenters. The second kappa shape index (κ2) is 7.72. The van der Waals surface area contributed by atoms with Gasteiger partial charge >= 0.3 is 35.5 Å². The average Bonchev–Trinajstić information content (AvgIpc) is 2.83. The molecule has 42 heavy (non-hydrogen) atoms. The van der Waals surface area contributed by atoms with E-state index in [4.69, 9.17) is 0 Å². The predicted octanol–water partition coefficient (Wildman–Crippen LogP) is 8.77. The van der Waals surface area contributed by atoms with Gasteiger partial charge in [-0.15, -0.1) is 0 Å². The van der Waals surface area contributed by atoms with Gasteiger partial charge < -0.3 is 0 Å². The zero-order valence-corrected chi connectivity index (χ0v) is 18.6. The highest BCUT2D eigenvalue weighted by atomic mass is 19.3. The Bertz CT molecular complexity index is 1460. The van der Waals surface area contributed by atoms with E-state index in [0.717, 1.165) is 0 Å². The summed E-state index contributed by atoms with van der Waals surface area (Å²) in [7, 11) is 0. The van der Waals surface area contributed by atoms with Gasteiger partial charge in [-0.25, -0.2) is 35.1 Å². The van der Waals surface area contributed by atoms with Crippen LogP contribution in [-0.2, 0) is 23.7 Å². The van der Waals surface area contributed by atoms with Gasteiger partial charge in [0.25, 0.3) is 0 Å². The van der Waals surface area contributed by atoms with E-state index in [0.29, 0.717) is 0 Å². The van der Waals surface area contributed by atoms with Crippen molar-refractivity contribution in [2.75, 3.05) is 0 Å². The molecule has 0 aromatic heterocycles. The maximum absolute atomic E-state index is 15.5. The smallest absolute Gasteiger partial charge is 0.203 e. The van der Waals surface area contributed by atoms with Gasteiger partial charge in [0.15, 0.2) is 46.5 Å². The molecule has 0 unspecified atom stereocenters. The van der Waals surface area contributed by atoms with Gasteiger partial charge in [0.1, 0.15) is 0 Å². The maximum atomic E-state index is 15.5. The number of benzene rings is 2. The Labute approximate surface area is 215 Å². The van der Waals surface area contributed by atoms with Crippen LogP contribution >= 0.6 is 0 Å². The molecule has 0 spiro atoms. The van der Waals surface area contributed by atoms with E-state index in [1.165, 1.54) is 0 Å². The predicted molar refractivity (Wildman–Crippen MR) is 92.1 cm³/mol. The summed E-state index contributed by atoms with van der Waals surface area (Å²) in [5, 5.41) is 0. The second-order valence-corrected chi connectivity index (χ2v) is 8.96. The number of halogens is 20. The molecule has 0 aliphatic heterocycles. The maximum Gasteiger partial charge on any atom is 0.304 e. The van der Waals surface area contributed by atoms with Crippen molar-refractivity contribution in [2.45, 2.75) is 35.5 Å². The lowest BCUT2D eigenvalue weighted by Crippen LogP contribution is -2.58. The van der Waals surface area contributed by atoms with Crippen LogP contribution in [0.5, 0.6) is 0 Å². The molecule has 0 radical (unpaired) electrons. The SMILES string of the molecule is Fc1c(F)c(F)c2c(c1F)C(F)(F)C1=C(C(F)(F)C3=C(C1(F)F)C(F)(F)c1c(F)c(F)c(F)c(F)c1C3(F)F)C2(F)F. The molecular formula is C22F20. The van der Waals surface area contributed by atoms with Crippen LogP contribution in [-0.4, -0.2) is 11.8 Å². The molecule has 0 N–H and O–H groups in total. The van der Waals surface area contributed by atoms with E-state index in [1.54, 1.807) is 0 Å². The Kier molecular flexibility index (Phi) is 5.51. The molecule has 2 aromatic carbocycles. The Morgan fingerprint density at radius 3 is 0.500 bits per heavy atom. The van der Waals surface area contributed by atoms with Crippen molar-refractivity contribution >= 4 is 0 Å². The van der Waals surface area contributed by atoms with Crippen LogP contribution in [0.1, 0.15) is 22.3 Å². The lowest BCUT2D eigenvalue weighted by molar-refractivity contribution is -0.141. The molecule has 0 heterocycles. The molecule has 0 saturated heterocycles. The Morgan fingerprint density at radius 2 is 0.357 bits per heavy atom. The third kappa shape index (κ3) is 2.97. The van der Waals surface area contributed by atoms with Crippen molar-refractivity contribution in [2.24, 2.45) is 0 Å². The number of hydrogen-bond acceptors (Lipinski definition) is 0. The van der Waals surface area contributed by atoms with Crippen LogP contribution in [0.3, 0.4) is 0 Å². The van der Waals surface area contributed by atoms with Gasteiger partial charge in [-0.3, -0.25) is 0 Å². The molecule has 3 aliphatic rings. The normalized spacial score (nSPS) is 23.7. The Hall–Kier alpha value is -3.48. The topological polar surface area (TPSA) is 0 Å². The minimum Gasteiger partial charge on any atom is -0.203 e. The molecule has 0 nitrogen and oxygen atoms in total. The van der Waals surface area contributed by atoms with Gasteiger partial charge in [0.05, 0.1) is 44.5 Å². The highest BCUT2D eigenvalue weighted by Crippen LogP contribution is 2.72. The monoisotopic (exact) mass is 644 g/mol. The summed E-state index contributed by atoms with van der Waals surface area (Å²) >= 11 is 0. The first-order chi connectivity index (χ1) is 18.7. The van der Waals surface area contributed by atoms with Crippen molar-refractivity contribution in [1.29, 1.82) is 0 Å². The number of allylic oxidation sites excluding steroid dienone is 4. The number of rotatable bonds is 0. The first-order valence-electron chi connectivity index (χ1n) is 10.3. The van der Waals surface area contributed by atoms with Gasteiger partial charge in [-0.1, -0.05) is 0 Å². The van der Waals surface area contributed by atoms with Gasteiger partial charge in [0, 0.05) is 0 Å². The second-order valence-electron chi connectivity index (χ2n) is 8.96. The van der Waals surface area contributed by atoms with E-state index < -0.39 is 127 Å². The summed E-state index contributed by atoms with van der Waals surface area (Å²) in [5.41, 5.74) is -32.1. The Balaban J connectivity index is 2.01. The quantitative estimate of drug-likeness (QED) is 0.117. The van der Waals surface area contributed by atoms with Crippen molar-refractivity contribution in [3.8, 4) is 0 Å². The van der Waals surface area contributed by atoms with Crippen LogP contribution in [0.15, 0.2) is 22.3 Å². The summed E-state index contributed by atoms with van der Waals surface area (Å²) in [6.07, 6.45) is 0. The first-order valence-corrected chi connectivity index (χ1v) is 10.3. The van der Waals surface area contributed by atoms with Crippen molar-refractivity contribution in [3.63, 3.8) is 0 Å². The summed E-state index contributed by atoms with van der Waals surface area (Å²) < 4.78 is 295. The zero-order valence-electron chi connectivity index (χ0n) is 18.6. The first kappa shape index (κ1) is 30.0. The lowest BCUT2D eigenvalue weighted by Gasteiger charge is -2.49. The van der Waals surface area contributed by atoms with Crippen molar-refractivity contribution in [1.82, 2.24) is 0 Å². The molecule has 20 heteroatoms. The molecule has 0 fully saturated rings. The fraction of sp³-hybridized carbons (Fsp3) is 0.273. The number of fused-ring (bicyclic) bond motifs is 2. The molecular weight excluding hydrogens is 644 g/mol. The van der Waals surface area contributed by atoms with E-state index >= 15 is 52.7 Å². The molecule has 0 amide bonds. The van der Waals surface area contributed by atoms with Crippen LogP contribution in [0.25, 0.3) is 0 Å². The highest BCUT2D eigenvalue weighted by molar-refractivity contribution is 5.68. The summed E-state index contributed by atoms with van der Waals surface area (Å²) in [4.78, 5) is 0. The molecule has 228 valence electrons. The largest absolute Gasteiger partial charge is 0.304 e. The summed E-state index contributed by atoms with van der Waals surface area (Å²) in [6.45, 7) is 0. The van der Waals surface area contributed by atoms with Crippen LogP contribution in [0, 0.1) is 46.5 Å². The summed E-state index contributed by atoms with van der Waals surface area (Å²) in [5.74, 6) is -69.1. The molecule has 2 aromatic rings. The number of hydrogen-bond donors (Lipinski definition) is 0. The molecule has 0 saturated carbocycles. The highest BCUT2D eigenvalue weighted by Gasteiger charge is 2.80. The minimum atomic E-state index is -7.05.